The summed E-state index contributed by atoms with van der Waals surface area (Å²) < 4.78 is 21.4. The van der Waals surface area contributed by atoms with Gasteiger partial charge in [-0.25, -0.2) is 4.98 Å². The fourth-order valence-electron chi connectivity index (χ4n) is 9.17. The molecule has 5 amide bonds. The van der Waals surface area contributed by atoms with Crippen LogP contribution in [-0.2, 0) is 26.0 Å². The summed E-state index contributed by atoms with van der Waals surface area (Å²) in [7, 11) is 0.894. The topological polar surface area (TPSA) is 204 Å². The molecule has 342 valence electrons. The average Bonchev–Trinajstić information content (AvgIpc) is 3.85. The molecule has 0 radical (unpaired) electrons. The van der Waals surface area contributed by atoms with Gasteiger partial charge < -0.3 is 34.6 Å². The van der Waals surface area contributed by atoms with E-state index in [4.69, 9.17) is 9.72 Å². The highest BCUT2D eigenvalue weighted by Crippen LogP contribution is 2.43. The fraction of sp³-hybridized carbons (Fsp3) is 0.348. The van der Waals surface area contributed by atoms with E-state index in [9.17, 15) is 28.5 Å². The monoisotopic (exact) mass is 977 g/mol. The molecule has 0 aliphatic carbocycles. The Balaban J connectivity index is 0.860. The first kappa shape index (κ1) is 44.6. The van der Waals surface area contributed by atoms with Gasteiger partial charge in [0.15, 0.2) is 0 Å². The van der Waals surface area contributed by atoms with Crippen LogP contribution in [0.1, 0.15) is 46.4 Å². The van der Waals surface area contributed by atoms with Gasteiger partial charge in [0.1, 0.15) is 24.8 Å². The molecular weight excluding hydrogens is 929 g/mol. The van der Waals surface area contributed by atoms with Crippen LogP contribution < -0.4 is 35.8 Å². The highest BCUT2D eigenvalue weighted by Gasteiger charge is 2.45. The summed E-state index contributed by atoms with van der Waals surface area (Å²) in [5, 5.41) is 14.1. The van der Waals surface area contributed by atoms with Gasteiger partial charge in [0.25, 0.3) is 11.8 Å². The molecule has 6 heterocycles. The SMILES string of the molecule is COc1cc(N2CCC(C(=O)N3CCN(c4ccc5c(c4)C(=O)N(C4CCC(=O)NC4=O)C5=O)CC3)CC2)c(-c2cnn(C)c2)cc1Nc1ncc(Br)c(Nc2ccccc2P(C)(C)=O)n1. The standard InChI is InChI=1S/C46H49BrN11O7P/c1-54-26-28(24-49-54)31-22-35(51-46-48-25-33(47)41(53-46)50-34-7-5-6-8-39(34)66(3,4)64)38(65-2)23-37(31)56-15-13-27(14-16-56)43(61)57-19-17-55(18-20-57)29-9-10-30-32(21-29)45(63)58(44(30)62)36-11-12-40(59)52-42(36)60/h5-10,21-27,36H,11-20H2,1-4H3,(H,52,59,60)(H2,48,50,51,53). The van der Waals surface area contributed by atoms with Crippen molar-refractivity contribution in [3.63, 3.8) is 0 Å². The third-order valence-electron chi connectivity index (χ3n) is 12.6. The lowest BCUT2D eigenvalue weighted by atomic mass is 9.93. The number of piperazine rings is 1. The minimum absolute atomic E-state index is 0.0554. The van der Waals surface area contributed by atoms with Crippen LogP contribution in [0.4, 0.5) is 34.5 Å². The van der Waals surface area contributed by atoms with E-state index in [0.29, 0.717) is 90.8 Å². The summed E-state index contributed by atoms with van der Waals surface area (Å²) in [6.07, 6.45) is 6.89. The van der Waals surface area contributed by atoms with Crippen molar-refractivity contribution < 1.29 is 33.3 Å². The molecule has 1 unspecified atom stereocenters. The zero-order valence-corrected chi connectivity index (χ0v) is 39.4. The molecule has 5 aromatic rings. The van der Waals surface area contributed by atoms with E-state index < -0.39 is 36.8 Å². The molecule has 4 aliphatic heterocycles. The van der Waals surface area contributed by atoms with Gasteiger partial charge in [-0.15, -0.1) is 0 Å². The normalized spacial score (nSPS) is 18.1. The summed E-state index contributed by atoms with van der Waals surface area (Å²) in [6.45, 7) is 6.87. The Bertz CT molecular complexity index is 2830. The summed E-state index contributed by atoms with van der Waals surface area (Å²) in [4.78, 5) is 81.4. The minimum Gasteiger partial charge on any atom is -0.494 e. The number of hydrogen-bond donors (Lipinski definition) is 3. The third-order valence-corrected chi connectivity index (χ3v) is 14.8. The number of fused-ring (bicyclic) bond motifs is 1. The summed E-state index contributed by atoms with van der Waals surface area (Å²) in [5.74, 6) is -0.797. The van der Waals surface area contributed by atoms with E-state index >= 15 is 0 Å². The number of carbonyl (C=O) groups excluding carboxylic acids is 5. The number of benzene rings is 3. The van der Waals surface area contributed by atoms with Crippen LogP contribution >= 0.6 is 23.1 Å². The predicted octanol–water partition coefficient (Wildman–Crippen LogP) is 5.35. The summed E-state index contributed by atoms with van der Waals surface area (Å²) >= 11 is 3.56. The van der Waals surface area contributed by atoms with Crippen molar-refractivity contribution in [1.82, 2.24) is 34.9 Å². The molecule has 0 bridgehead atoms. The van der Waals surface area contributed by atoms with Crippen molar-refractivity contribution in [3.05, 3.63) is 88.8 Å². The average molecular weight is 979 g/mol. The highest BCUT2D eigenvalue weighted by atomic mass is 79.9. The zero-order valence-electron chi connectivity index (χ0n) is 36.9. The molecule has 66 heavy (non-hydrogen) atoms. The molecule has 0 spiro atoms. The predicted molar refractivity (Wildman–Crippen MR) is 254 cm³/mol. The number of nitrogens with one attached hydrogen (secondary N) is 3. The van der Waals surface area contributed by atoms with Gasteiger partial charge in [-0.3, -0.25) is 38.9 Å². The van der Waals surface area contributed by atoms with Crippen molar-refractivity contribution in [2.24, 2.45) is 13.0 Å². The van der Waals surface area contributed by atoms with E-state index in [2.05, 4.69) is 51.8 Å². The lowest BCUT2D eigenvalue weighted by Crippen LogP contribution is -2.54. The number of anilines is 6. The first-order chi connectivity index (χ1) is 31.7. The number of rotatable bonds is 11. The van der Waals surface area contributed by atoms with Crippen LogP contribution in [0.15, 0.2) is 77.7 Å². The first-order valence-electron chi connectivity index (χ1n) is 21.7. The maximum Gasteiger partial charge on any atom is 0.262 e. The number of halogens is 1. The van der Waals surface area contributed by atoms with Gasteiger partial charge >= 0.3 is 0 Å². The number of aryl methyl sites for hydroxylation is 1. The smallest absolute Gasteiger partial charge is 0.262 e. The molecule has 20 heteroatoms. The maximum absolute atomic E-state index is 14.0. The summed E-state index contributed by atoms with van der Waals surface area (Å²) in [5.41, 5.74) is 5.32. The quantitative estimate of drug-likeness (QED) is 0.113. The van der Waals surface area contributed by atoms with Gasteiger partial charge in [0, 0.05) is 105 Å². The molecule has 2 aromatic heterocycles. The van der Waals surface area contributed by atoms with Crippen LogP contribution in [0.2, 0.25) is 0 Å². The second-order valence-corrected chi connectivity index (χ2v) is 21.3. The molecule has 3 fully saturated rings. The lowest BCUT2D eigenvalue weighted by molar-refractivity contribution is -0.137. The highest BCUT2D eigenvalue weighted by molar-refractivity contribution is 9.10. The van der Waals surface area contributed by atoms with Crippen LogP contribution in [0.3, 0.4) is 0 Å². The van der Waals surface area contributed by atoms with Gasteiger partial charge in [-0.1, -0.05) is 12.1 Å². The van der Waals surface area contributed by atoms with E-state index in [0.717, 1.165) is 27.4 Å². The number of hydrogen-bond acceptors (Lipinski definition) is 14. The third kappa shape index (κ3) is 8.76. The Morgan fingerprint density at radius 1 is 0.848 bits per heavy atom. The summed E-state index contributed by atoms with van der Waals surface area (Å²) in [6, 6.07) is 15.5. The first-order valence-corrected chi connectivity index (χ1v) is 25.1. The number of para-hydroxylation sites is 1. The Labute approximate surface area is 389 Å². The van der Waals surface area contributed by atoms with Crippen molar-refractivity contribution >= 4 is 92.4 Å². The Morgan fingerprint density at radius 2 is 1.59 bits per heavy atom. The lowest BCUT2D eigenvalue weighted by Gasteiger charge is -2.40. The molecule has 18 nitrogen and oxygen atoms in total. The molecule has 4 aliphatic rings. The van der Waals surface area contributed by atoms with Gasteiger partial charge in [-0.05, 0) is 84.9 Å². The maximum atomic E-state index is 14.0. The minimum atomic E-state index is -2.59. The second kappa shape index (κ2) is 18.0. The number of methoxy groups -OCH3 is 1. The van der Waals surface area contributed by atoms with Crippen molar-refractivity contribution in [2.45, 2.75) is 31.7 Å². The Hall–Kier alpha value is -6.59. The number of imide groups is 2. The second-order valence-electron chi connectivity index (χ2n) is 17.2. The molecule has 3 saturated heterocycles. The number of carbonyl (C=O) groups is 5. The number of amides is 5. The van der Waals surface area contributed by atoms with Crippen LogP contribution in [-0.4, -0.2) is 125 Å². The van der Waals surface area contributed by atoms with Crippen molar-refractivity contribution in [1.29, 1.82) is 0 Å². The Morgan fingerprint density at radius 3 is 2.29 bits per heavy atom. The van der Waals surface area contributed by atoms with Crippen molar-refractivity contribution in [2.75, 3.05) is 80.1 Å². The van der Waals surface area contributed by atoms with Crippen LogP contribution in [0, 0.1) is 5.92 Å². The van der Waals surface area contributed by atoms with Gasteiger partial charge in [0.05, 0.1) is 40.3 Å². The fourth-order valence-corrected chi connectivity index (χ4v) is 10.6. The van der Waals surface area contributed by atoms with E-state index in [-0.39, 0.29) is 35.8 Å². The van der Waals surface area contributed by atoms with Crippen molar-refractivity contribution in [3.8, 4) is 16.9 Å². The molecular formula is C46H49BrN11O7P. The number of ether oxygens (including phenoxy) is 1. The van der Waals surface area contributed by atoms with E-state index in [1.165, 1.54) is 0 Å². The number of piperidine rings is 2. The molecule has 3 N–H and O–H groups in total. The number of nitrogens with zero attached hydrogens (tertiary/aromatic N) is 8. The largest absolute Gasteiger partial charge is 0.494 e. The molecule has 1 atom stereocenters. The van der Waals surface area contributed by atoms with Gasteiger partial charge in [-0.2, -0.15) is 10.1 Å². The van der Waals surface area contributed by atoms with E-state index in [1.807, 2.05) is 60.7 Å². The Kier molecular flexibility index (Phi) is 12.2. The number of aromatic nitrogens is 4. The molecule has 0 saturated carbocycles. The molecule has 9 rings (SSSR count). The zero-order chi connectivity index (χ0) is 46.4. The van der Waals surface area contributed by atoms with Crippen LogP contribution in [0.25, 0.3) is 11.1 Å². The van der Waals surface area contributed by atoms with E-state index in [1.54, 1.807) is 49.5 Å². The van der Waals surface area contributed by atoms with Crippen LogP contribution in [0.5, 0.6) is 5.75 Å². The van der Waals surface area contributed by atoms with Gasteiger partial charge in [0.2, 0.25) is 23.7 Å². The molecule has 3 aromatic carbocycles.